The molecular weight excluding hydrogens is 761 g/mol. The highest BCUT2D eigenvalue weighted by Crippen LogP contribution is 2.37. The third kappa shape index (κ3) is 16.4. The normalized spacial score (nSPS) is 15.0. The number of hydrogen-bond acceptors (Lipinski definition) is 12. The highest BCUT2D eigenvalue weighted by Gasteiger charge is 2.32. The number of phosphoric ester groups is 1. The van der Waals surface area contributed by atoms with Gasteiger partial charge in [0, 0.05) is 31.3 Å². The van der Waals surface area contributed by atoms with Crippen LogP contribution in [0.1, 0.15) is 51.3 Å². The second-order valence-corrected chi connectivity index (χ2v) is 13.8. The minimum Gasteiger partial charge on any atom is -0.480 e. The molecule has 0 fully saturated rings. The van der Waals surface area contributed by atoms with E-state index in [-0.39, 0.29) is 50.4 Å². The topological polar surface area (TPSA) is 389 Å². The Bertz CT molecular complexity index is 1720. The van der Waals surface area contributed by atoms with Crippen molar-refractivity contribution in [3.05, 3.63) is 48.0 Å². The predicted octanol–water partition coefficient (Wildman–Crippen LogP) is -3.63. The minimum absolute atomic E-state index is 0.0518. The molecule has 0 saturated carbocycles. The maximum atomic E-state index is 13.7. The molecule has 0 radical (unpaired) electrons. The van der Waals surface area contributed by atoms with Gasteiger partial charge in [-0.2, -0.15) is 0 Å². The number of phosphoric acid groups is 1. The number of carbonyl (C=O) groups is 6. The summed E-state index contributed by atoms with van der Waals surface area (Å²) in [6.45, 7) is 4.09. The van der Waals surface area contributed by atoms with Crippen LogP contribution in [0.25, 0.3) is 0 Å². The van der Waals surface area contributed by atoms with E-state index in [4.69, 9.17) is 27.0 Å². The highest BCUT2D eigenvalue weighted by molar-refractivity contribution is 7.46. The van der Waals surface area contributed by atoms with E-state index >= 15 is 0 Å². The molecule has 2 aromatic rings. The Morgan fingerprint density at radius 1 is 0.875 bits per heavy atom. The number of rotatable bonds is 23. The van der Waals surface area contributed by atoms with E-state index in [2.05, 4.69) is 46.1 Å². The van der Waals surface area contributed by atoms with Crippen molar-refractivity contribution >= 4 is 49.3 Å². The van der Waals surface area contributed by atoms with Crippen LogP contribution >= 0.6 is 7.82 Å². The van der Waals surface area contributed by atoms with Crippen LogP contribution < -0.4 is 48.3 Å². The molecule has 310 valence electrons. The van der Waals surface area contributed by atoms with E-state index in [1.54, 1.807) is 6.92 Å². The molecular formula is C32H50N11O12P. The fourth-order valence-corrected chi connectivity index (χ4v) is 5.39. The first-order valence-corrected chi connectivity index (χ1v) is 18.8. The van der Waals surface area contributed by atoms with E-state index in [0.717, 1.165) is 6.92 Å². The molecule has 0 bridgehead atoms. The first-order chi connectivity index (χ1) is 26.2. The lowest BCUT2D eigenvalue weighted by Crippen LogP contribution is -2.59. The average molecular weight is 812 g/mol. The average Bonchev–Trinajstić information content (AvgIpc) is 3.62. The number of carboxylic acids is 1. The van der Waals surface area contributed by atoms with Crippen LogP contribution in [0.2, 0.25) is 0 Å². The number of nitrogens with one attached hydrogen (secondary N) is 6. The number of guanidine groups is 1. The third-order valence-electron chi connectivity index (χ3n) is 7.97. The molecule has 23 nitrogen and oxygen atoms in total. The Morgan fingerprint density at radius 2 is 1.46 bits per heavy atom. The van der Waals surface area contributed by atoms with Crippen molar-refractivity contribution in [2.75, 3.05) is 6.54 Å². The van der Waals surface area contributed by atoms with Gasteiger partial charge >= 0.3 is 13.8 Å². The molecule has 0 spiro atoms. The molecule has 1 heterocycles. The van der Waals surface area contributed by atoms with Crippen LogP contribution in [0.4, 0.5) is 0 Å². The van der Waals surface area contributed by atoms with Gasteiger partial charge in [-0.1, -0.05) is 19.1 Å². The van der Waals surface area contributed by atoms with Crippen molar-refractivity contribution < 1.29 is 57.9 Å². The Hall–Kier alpha value is -5.61. The summed E-state index contributed by atoms with van der Waals surface area (Å²) in [6, 6.07) is -2.83. The summed E-state index contributed by atoms with van der Waals surface area (Å²) >= 11 is 0. The number of imidazole rings is 1. The maximum Gasteiger partial charge on any atom is 0.524 e. The summed E-state index contributed by atoms with van der Waals surface area (Å²) in [4.78, 5) is 107. The SMILES string of the molecule is CC[C@H](NC(=O)[C@@H](N)Cc1cnc[nH]1)C(=O)N[C@@H](Cc1ccc(OP(=O)(O)O)cc1)C(=O)N[C@@H](C)C(=O)N[C@@H](CCCN=C(N)N)C(=O)N[C@H](C(=O)O)[C@@H](C)O. The van der Waals surface area contributed by atoms with E-state index in [1.165, 1.54) is 43.7 Å². The number of aliphatic hydroxyl groups excluding tert-OH is 1. The zero-order valence-electron chi connectivity index (χ0n) is 30.9. The predicted molar refractivity (Wildman–Crippen MR) is 198 cm³/mol. The Labute approximate surface area is 321 Å². The van der Waals surface area contributed by atoms with E-state index in [1.807, 2.05) is 0 Å². The maximum absolute atomic E-state index is 13.7. The zero-order valence-corrected chi connectivity index (χ0v) is 31.8. The fraction of sp³-hybridized carbons (Fsp3) is 0.500. The molecule has 1 aromatic heterocycles. The molecule has 0 aliphatic carbocycles. The molecule has 0 saturated heterocycles. The summed E-state index contributed by atoms with van der Waals surface area (Å²) in [6.07, 6.45) is 1.43. The van der Waals surface area contributed by atoms with E-state index in [9.17, 15) is 43.5 Å². The number of carboxylic acid groups (broad SMARTS) is 1. The number of nitrogens with zero attached hydrogens (tertiary/aromatic N) is 2. The lowest BCUT2D eigenvalue weighted by molar-refractivity contribution is -0.145. The molecule has 0 aliphatic heterocycles. The quantitative estimate of drug-likeness (QED) is 0.0223. The number of nitrogens with two attached hydrogens (primary N) is 3. The van der Waals surface area contributed by atoms with Crippen molar-refractivity contribution in [1.82, 2.24) is 36.6 Å². The summed E-state index contributed by atoms with van der Waals surface area (Å²) in [5.41, 5.74) is 17.7. The van der Waals surface area contributed by atoms with Gasteiger partial charge in [0.2, 0.25) is 29.5 Å². The second kappa shape index (κ2) is 22.1. The number of carbonyl (C=O) groups excluding carboxylic acids is 5. The number of aromatic nitrogens is 2. The number of benzene rings is 1. The Balaban J connectivity index is 2.28. The second-order valence-electron chi connectivity index (χ2n) is 12.7. The number of hydrogen-bond donors (Lipinski definition) is 13. The molecule has 16 N–H and O–H groups in total. The highest BCUT2D eigenvalue weighted by atomic mass is 31.2. The van der Waals surface area contributed by atoms with Crippen molar-refractivity contribution in [1.29, 1.82) is 0 Å². The van der Waals surface area contributed by atoms with Gasteiger partial charge in [-0.05, 0) is 50.8 Å². The fourth-order valence-electron chi connectivity index (χ4n) is 4.99. The molecule has 1 aromatic carbocycles. The molecule has 7 atom stereocenters. The van der Waals surface area contributed by atoms with Crippen molar-refractivity contribution in [2.24, 2.45) is 22.2 Å². The van der Waals surface area contributed by atoms with Gasteiger partial charge in [-0.3, -0.25) is 38.8 Å². The van der Waals surface area contributed by atoms with Crippen molar-refractivity contribution in [2.45, 2.75) is 95.2 Å². The number of H-pyrrole nitrogens is 1. The lowest BCUT2D eigenvalue weighted by Gasteiger charge is -2.26. The van der Waals surface area contributed by atoms with Gasteiger partial charge in [-0.15, -0.1) is 0 Å². The molecule has 24 heteroatoms. The van der Waals surface area contributed by atoms with Crippen molar-refractivity contribution in [3.63, 3.8) is 0 Å². The summed E-state index contributed by atoms with van der Waals surface area (Å²) in [5, 5.41) is 31.4. The first-order valence-electron chi connectivity index (χ1n) is 17.3. The first kappa shape index (κ1) is 46.5. The lowest BCUT2D eigenvalue weighted by atomic mass is 10.0. The van der Waals surface area contributed by atoms with Gasteiger partial charge in [0.25, 0.3) is 0 Å². The number of aliphatic hydroxyl groups is 1. The van der Waals surface area contributed by atoms with Crippen LogP contribution in [0, 0.1) is 0 Å². The van der Waals surface area contributed by atoms with Crippen LogP contribution in [0.3, 0.4) is 0 Å². The van der Waals surface area contributed by atoms with Gasteiger partial charge in [-0.25, -0.2) is 14.3 Å². The Kier molecular flexibility index (Phi) is 18.3. The molecule has 0 aliphatic rings. The van der Waals surface area contributed by atoms with Crippen LogP contribution in [-0.4, -0.2) is 120 Å². The van der Waals surface area contributed by atoms with Gasteiger partial charge in [0.05, 0.1) is 18.5 Å². The van der Waals surface area contributed by atoms with Crippen LogP contribution in [-0.2, 0) is 46.2 Å². The number of amides is 5. The largest absolute Gasteiger partial charge is 0.524 e. The standard InChI is InChI=1S/C32H50N11O12P/c1-4-22(40-27(46)21(33)13-19-14-36-15-38-19)28(47)42-24(12-18-7-9-20(10-8-18)55-56(52,53)54)30(49)39-16(2)26(45)41-23(6-5-11-37-32(34)35)29(48)43-25(17(3)44)31(50)51/h7-10,14-17,21-25,44H,4-6,11-13,33H2,1-3H3,(H,36,38)(H,39,49)(H,40,46)(H,41,45)(H,42,47)(H,43,48)(H,50,51)(H4,34,35,37)(H2,52,53,54)/t16-,17+,21-,22-,23-,24-,25-/m0/s1. The Morgan fingerprint density at radius 3 is 2.00 bits per heavy atom. The van der Waals surface area contributed by atoms with Gasteiger partial charge in [0.15, 0.2) is 12.0 Å². The monoisotopic (exact) mass is 811 g/mol. The van der Waals surface area contributed by atoms with Crippen LogP contribution in [0.5, 0.6) is 5.75 Å². The summed E-state index contributed by atoms with van der Waals surface area (Å²) in [7, 11) is -4.87. The van der Waals surface area contributed by atoms with E-state index < -0.39 is 85.7 Å². The molecule has 2 rings (SSSR count). The smallest absolute Gasteiger partial charge is 0.480 e. The van der Waals surface area contributed by atoms with Gasteiger partial charge < -0.3 is 63.5 Å². The van der Waals surface area contributed by atoms with E-state index in [0.29, 0.717) is 11.3 Å². The molecule has 5 amide bonds. The molecule has 0 unspecified atom stereocenters. The van der Waals surface area contributed by atoms with Gasteiger partial charge in [0.1, 0.15) is 29.9 Å². The number of aromatic amines is 1. The zero-order chi connectivity index (χ0) is 42.2. The molecule has 56 heavy (non-hydrogen) atoms. The minimum atomic E-state index is -4.87. The number of aliphatic imine (C=N–C) groups is 1. The van der Waals surface area contributed by atoms with Crippen molar-refractivity contribution in [3.8, 4) is 5.75 Å². The summed E-state index contributed by atoms with van der Waals surface area (Å²) < 4.78 is 15.8. The van der Waals surface area contributed by atoms with Crippen LogP contribution in [0.15, 0.2) is 41.8 Å². The number of aliphatic carboxylic acids is 1. The summed E-state index contributed by atoms with van der Waals surface area (Å²) in [5.74, 6) is -6.11. The third-order valence-corrected chi connectivity index (χ3v) is 8.42.